The van der Waals surface area contributed by atoms with Gasteiger partial charge in [0.25, 0.3) is 0 Å². The first-order valence-electron chi connectivity index (χ1n) is 9.12. The highest BCUT2D eigenvalue weighted by Gasteiger charge is 2.62. The number of allylic oxidation sites excluding steroid dienone is 4. The van der Waals surface area contributed by atoms with Gasteiger partial charge in [-0.25, -0.2) is 0 Å². The van der Waals surface area contributed by atoms with Crippen molar-refractivity contribution in [2.45, 2.75) is 41.5 Å². The predicted molar refractivity (Wildman–Crippen MR) is 104 cm³/mol. The van der Waals surface area contributed by atoms with Gasteiger partial charge in [-0.1, -0.05) is 71.4 Å². The van der Waals surface area contributed by atoms with Crippen molar-refractivity contribution in [3.8, 4) is 5.75 Å². The Balaban J connectivity index is 2.22. The van der Waals surface area contributed by atoms with Crippen LogP contribution in [0, 0.1) is 22.2 Å². The molecule has 2 atom stereocenters. The van der Waals surface area contributed by atoms with Gasteiger partial charge in [0, 0.05) is 5.57 Å². The van der Waals surface area contributed by atoms with Crippen LogP contribution in [0.3, 0.4) is 0 Å². The molecule has 2 bridgehead atoms. The van der Waals surface area contributed by atoms with Crippen LogP contribution in [0.15, 0.2) is 42.0 Å². The van der Waals surface area contributed by atoms with Crippen molar-refractivity contribution in [1.29, 1.82) is 0 Å². The van der Waals surface area contributed by atoms with Gasteiger partial charge >= 0.3 is 0 Å². The number of hydrogen-bond acceptors (Lipinski definition) is 3. The van der Waals surface area contributed by atoms with E-state index in [1.54, 1.807) is 7.11 Å². The topological polar surface area (TPSA) is 43.4 Å². The molecule has 0 saturated carbocycles. The molecule has 26 heavy (non-hydrogen) atoms. The van der Waals surface area contributed by atoms with Gasteiger partial charge in [0.15, 0.2) is 11.6 Å². The normalized spacial score (nSPS) is 25.9. The first-order chi connectivity index (χ1) is 11.9. The first kappa shape index (κ1) is 18.6. The SMILES string of the molecule is COc1ccc(C2=C[C@H]3C(=O)[C@](C(C)(C)C)(C=C3C(C)(C)C)C2=O)cc1. The highest BCUT2D eigenvalue weighted by atomic mass is 16.5. The zero-order valence-electron chi connectivity index (χ0n) is 16.8. The number of methoxy groups -OCH3 is 1. The Hall–Kier alpha value is -2.16. The third-order valence-electron chi connectivity index (χ3n) is 5.76. The van der Waals surface area contributed by atoms with Gasteiger partial charge in [-0.05, 0) is 28.5 Å². The van der Waals surface area contributed by atoms with Crippen molar-refractivity contribution in [3.05, 3.63) is 47.6 Å². The lowest BCUT2D eigenvalue weighted by Crippen LogP contribution is -2.49. The number of ketones is 2. The van der Waals surface area contributed by atoms with Crippen LogP contribution >= 0.6 is 0 Å². The Morgan fingerprint density at radius 1 is 0.962 bits per heavy atom. The summed E-state index contributed by atoms with van der Waals surface area (Å²) >= 11 is 0. The summed E-state index contributed by atoms with van der Waals surface area (Å²) in [5.41, 5.74) is 0.782. The Morgan fingerprint density at radius 3 is 2.00 bits per heavy atom. The first-order valence-corrected chi connectivity index (χ1v) is 9.12. The van der Waals surface area contributed by atoms with Gasteiger partial charge in [0.1, 0.15) is 11.2 Å². The molecule has 0 unspecified atom stereocenters. The molecule has 0 saturated heterocycles. The zero-order valence-corrected chi connectivity index (χ0v) is 16.8. The second-order valence-corrected chi connectivity index (χ2v) is 9.39. The average molecular weight is 352 g/mol. The van der Waals surface area contributed by atoms with Gasteiger partial charge < -0.3 is 4.74 Å². The second-order valence-electron chi connectivity index (χ2n) is 9.39. The molecule has 138 valence electrons. The number of ether oxygens (including phenoxy) is 1. The van der Waals surface area contributed by atoms with Gasteiger partial charge in [-0.3, -0.25) is 9.59 Å². The van der Waals surface area contributed by atoms with E-state index >= 15 is 0 Å². The molecule has 0 N–H and O–H groups in total. The maximum absolute atomic E-state index is 13.6. The third kappa shape index (κ3) is 2.48. The monoisotopic (exact) mass is 352 g/mol. The number of Topliss-reactive ketones (excluding diaryl/α,β-unsaturated/α-hetero) is 2. The smallest absolute Gasteiger partial charge is 0.181 e. The van der Waals surface area contributed by atoms with Crippen LogP contribution in [0.2, 0.25) is 0 Å². The molecule has 1 aromatic rings. The fraction of sp³-hybridized carbons (Fsp3) is 0.478. The zero-order chi connectivity index (χ0) is 19.5. The van der Waals surface area contributed by atoms with Crippen molar-refractivity contribution >= 4 is 17.1 Å². The van der Waals surface area contributed by atoms with E-state index in [-0.39, 0.29) is 22.9 Å². The Labute approximate surface area is 156 Å². The lowest BCUT2D eigenvalue weighted by atomic mass is 9.58. The lowest BCUT2D eigenvalue weighted by molar-refractivity contribution is -0.141. The molecule has 0 heterocycles. The molecule has 0 spiro atoms. The van der Waals surface area contributed by atoms with Gasteiger partial charge in [-0.15, -0.1) is 0 Å². The minimum Gasteiger partial charge on any atom is -0.497 e. The molecule has 3 nitrogen and oxygen atoms in total. The molecule has 0 aromatic heterocycles. The van der Waals surface area contributed by atoms with Crippen LogP contribution < -0.4 is 4.74 Å². The van der Waals surface area contributed by atoms with E-state index in [2.05, 4.69) is 20.8 Å². The highest BCUT2D eigenvalue weighted by molar-refractivity contribution is 6.35. The van der Waals surface area contributed by atoms with Crippen LogP contribution in [0.25, 0.3) is 5.57 Å². The molecule has 3 heteroatoms. The molecule has 2 aliphatic rings. The minimum atomic E-state index is -1.09. The van der Waals surface area contributed by atoms with Crippen LogP contribution in [0.5, 0.6) is 5.75 Å². The van der Waals surface area contributed by atoms with E-state index in [1.807, 2.05) is 57.2 Å². The molecule has 2 aliphatic carbocycles. The van der Waals surface area contributed by atoms with Gasteiger partial charge in [0.2, 0.25) is 0 Å². The molecule has 0 aliphatic heterocycles. The molecule has 3 rings (SSSR count). The van der Waals surface area contributed by atoms with E-state index in [9.17, 15) is 9.59 Å². The molecule has 0 amide bonds. The summed E-state index contributed by atoms with van der Waals surface area (Å²) < 4.78 is 5.22. The fourth-order valence-corrected chi connectivity index (χ4v) is 4.19. The second kappa shape index (κ2) is 5.67. The molecular formula is C23H28O3. The number of carbonyl (C=O) groups is 2. The minimum absolute atomic E-state index is 0.0252. The quantitative estimate of drug-likeness (QED) is 0.563. The molecule has 1 aromatic carbocycles. The number of fused-ring (bicyclic) bond motifs is 2. The van der Waals surface area contributed by atoms with Crippen LogP contribution in [0.1, 0.15) is 47.1 Å². The Kier molecular flexibility index (Phi) is 4.06. The summed E-state index contributed by atoms with van der Waals surface area (Å²) in [4.78, 5) is 27.0. The van der Waals surface area contributed by atoms with E-state index in [4.69, 9.17) is 4.74 Å². The average Bonchev–Trinajstić information content (AvgIpc) is 2.76. The summed E-state index contributed by atoms with van der Waals surface area (Å²) in [7, 11) is 1.62. The highest BCUT2D eigenvalue weighted by Crippen LogP contribution is 2.58. The Bertz CT molecular complexity index is 826. The van der Waals surface area contributed by atoms with E-state index in [0.717, 1.165) is 16.9 Å². The third-order valence-corrected chi connectivity index (χ3v) is 5.76. The van der Waals surface area contributed by atoms with Crippen LogP contribution in [-0.4, -0.2) is 18.7 Å². The summed E-state index contributed by atoms with van der Waals surface area (Å²) in [6, 6.07) is 7.49. The van der Waals surface area contributed by atoms with Crippen molar-refractivity contribution in [2.24, 2.45) is 22.2 Å². The summed E-state index contributed by atoms with van der Waals surface area (Å²) in [5, 5.41) is 0. The van der Waals surface area contributed by atoms with Crippen molar-refractivity contribution in [3.63, 3.8) is 0 Å². The van der Waals surface area contributed by atoms with Gasteiger partial charge in [0.05, 0.1) is 13.0 Å². The predicted octanol–water partition coefficient (Wildman–Crippen LogP) is 4.87. The number of benzene rings is 1. The number of rotatable bonds is 2. The Morgan fingerprint density at radius 2 is 1.54 bits per heavy atom. The largest absolute Gasteiger partial charge is 0.497 e. The van der Waals surface area contributed by atoms with E-state index < -0.39 is 10.8 Å². The number of hydrogen-bond donors (Lipinski definition) is 0. The molecule has 0 radical (unpaired) electrons. The van der Waals surface area contributed by atoms with Crippen molar-refractivity contribution < 1.29 is 14.3 Å². The van der Waals surface area contributed by atoms with Gasteiger partial charge in [-0.2, -0.15) is 0 Å². The maximum atomic E-state index is 13.6. The summed E-state index contributed by atoms with van der Waals surface area (Å²) in [5.74, 6) is 0.354. The fourth-order valence-electron chi connectivity index (χ4n) is 4.19. The summed E-state index contributed by atoms with van der Waals surface area (Å²) in [6.45, 7) is 12.3. The van der Waals surface area contributed by atoms with Crippen molar-refractivity contribution in [2.75, 3.05) is 7.11 Å². The standard InChI is InChI=1S/C23H28O3/c1-21(2,3)18-13-23(22(4,5)6)19(24)16(12-17(18)20(23)25)14-8-10-15(26-7)11-9-14/h8-13,17H,1-7H3/t17-,23+/m1/s1. The lowest BCUT2D eigenvalue weighted by Gasteiger charge is -2.40. The molecular weight excluding hydrogens is 324 g/mol. The number of carbonyl (C=O) groups excluding carboxylic acids is 2. The summed E-state index contributed by atoms with van der Waals surface area (Å²) in [6.07, 6.45) is 3.86. The molecule has 0 fully saturated rings. The van der Waals surface area contributed by atoms with Crippen LogP contribution in [0.4, 0.5) is 0 Å². The maximum Gasteiger partial charge on any atom is 0.181 e. The van der Waals surface area contributed by atoms with E-state index in [1.165, 1.54) is 0 Å². The van der Waals surface area contributed by atoms with E-state index in [0.29, 0.717) is 5.57 Å². The van der Waals surface area contributed by atoms with Crippen molar-refractivity contribution in [1.82, 2.24) is 0 Å². The van der Waals surface area contributed by atoms with Crippen LogP contribution in [-0.2, 0) is 9.59 Å².